The lowest BCUT2D eigenvalue weighted by molar-refractivity contribution is -0.140. The Bertz CT molecular complexity index is 328. The lowest BCUT2D eigenvalue weighted by atomic mass is 9.80. The van der Waals surface area contributed by atoms with E-state index in [4.69, 9.17) is 9.16 Å². The molecule has 0 amide bonds. The minimum atomic E-state index is -1.46. The van der Waals surface area contributed by atoms with Crippen molar-refractivity contribution in [3.63, 3.8) is 0 Å². The maximum atomic E-state index is 12.0. The third-order valence-electron chi connectivity index (χ3n) is 4.43. The van der Waals surface area contributed by atoms with Crippen LogP contribution in [0.25, 0.3) is 0 Å². The van der Waals surface area contributed by atoms with Crippen LogP contribution in [-0.2, 0) is 14.0 Å². The third kappa shape index (κ3) is 6.59. The van der Waals surface area contributed by atoms with E-state index in [9.17, 15) is 9.90 Å². The number of Topliss-reactive ketones (excluding diaryl/α,β-unsaturated/α-hetero) is 1. The van der Waals surface area contributed by atoms with E-state index in [1.807, 2.05) is 0 Å². The Morgan fingerprint density at radius 1 is 1.19 bits per heavy atom. The van der Waals surface area contributed by atoms with Crippen molar-refractivity contribution in [2.45, 2.75) is 77.3 Å². The van der Waals surface area contributed by atoms with Gasteiger partial charge in [0, 0.05) is 5.92 Å². The standard InChI is InChI=1S/C16H32O4Si/c1-6-21(4,5)20-12-11-19-14-9-7-13(8-10-14)15(17)16(2,3)18/h13-14,18H,6-12H2,1-5H3. The van der Waals surface area contributed by atoms with Crippen LogP contribution in [0.2, 0.25) is 19.1 Å². The molecule has 0 bridgehead atoms. The number of ether oxygens (including phenoxy) is 1. The molecule has 124 valence electrons. The summed E-state index contributed by atoms with van der Waals surface area (Å²) in [6.07, 6.45) is 3.70. The highest BCUT2D eigenvalue weighted by molar-refractivity contribution is 6.71. The molecule has 0 unspecified atom stereocenters. The van der Waals surface area contributed by atoms with Crippen LogP contribution in [0.3, 0.4) is 0 Å². The zero-order valence-corrected chi connectivity index (χ0v) is 15.3. The van der Waals surface area contributed by atoms with E-state index in [0.29, 0.717) is 13.2 Å². The molecule has 0 saturated heterocycles. The quantitative estimate of drug-likeness (QED) is 0.552. The predicted octanol–water partition coefficient (Wildman–Crippen LogP) is 3.14. The average molecular weight is 317 g/mol. The van der Waals surface area contributed by atoms with Crippen molar-refractivity contribution < 1.29 is 19.1 Å². The van der Waals surface area contributed by atoms with Gasteiger partial charge >= 0.3 is 0 Å². The van der Waals surface area contributed by atoms with E-state index < -0.39 is 13.9 Å². The monoisotopic (exact) mass is 316 g/mol. The molecule has 5 heteroatoms. The Kier molecular flexibility index (Phi) is 7.04. The lowest BCUT2D eigenvalue weighted by Crippen LogP contribution is -2.39. The normalized spacial score (nSPS) is 24.1. The first-order valence-electron chi connectivity index (χ1n) is 8.18. The van der Waals surface area contributed by atoms with Crippen molar-refractivity contribution >= 4 is 14.1 Å². The molecule has 1 aliphatic carbocycles. The smallest absolute Gasteiger partial charge is 0.186 e. The topological polar surface area (TPSA) is 55.8 Å². The van der Waals surface area contributed by atoms with E-state index in [0.717, 1.165) is 31.7 Å². The summed E-state index contributed by atoms with van der Waals surface area (Å²) in [4.78, 5) is 12.0. The molecule has 1 N–H and O–H groups in total. The van der Waals surface area contributed by atoms with Gasteiger partial charge in [-0.15, -0.1) is 0 Å². The van der Waals surface area contributed by atoms with Gasteiger partial charge in [-0.25, -0.2) is 0 Å². The van der Waals surface area contributed by atoms with Gasteiger partial charge in [-0.1, -0.05) is 6.92 Å². The summed E-state index contributed by atoms with van der Waals surface area (Å²) in [7, 11) is -1.46. The van der Waals surface area contributed by atoms with Crippen LogP contribution in [0.5, 0.6) is 0 Å². The molecule has 0 aromatic carbocycles. The summed E-state index contributed by atoms with van der Waals surface area (Å²) in [5.74, 6) is -0.0347. The maximum Gasteiger partial charge on any atom is 0.186 e. The first kappa shape index (κ1) is 18.8. The summed E-state index contributed by atoms with van der Waals surface area (Å²) in [6, 6.07) is 1.12. The summed E-state index contributed by atoms with van der Waals surface area (Å²) in [5.41, 5.74) is -1.21. The Labute approximate surface area is 130 Å². The highest BCUT2D eigenvalue weighted by Gasteiger charge is 2.34. The first-order chi connectivity index (χ1) is 9.65. The molecule has 1 fully saturated rings. The number of rotatable bonds is 8. The maximum absolute atomic E-state index is 12.0. The minimum Gasteiger partial charge on any atom is -0.415 e. The van der Waals surface area contributed by atoms with Crippen molar-refractivity contribution in [1.82, 2.24) is 0 Å². The summed E-state index contributed by atoms with van der Waals surface area (Å²) in [6.45, 7) is 11.1. The number of carbonyl (C=O) groups is 1. The molecule has 1 aliphatic rings. The molecular formula is C16H32O4Si. The Morgan fingerprint density at radius 3 is 2.24 bits per heavy atom. The van der Waals surface area contributed by atoms with Gasteiger partial charge in [-0.05, 0) is 58.7 Å². The molecule has 0 aromatic rings. The number of carbonyl (C=O) groups excluding carboxylic acids is 1. The van der Waals surface area contributed by atoms with Gasteiger partial charge in [-0.3, -0.25) is 4.79 Å². The van der Waals surface area contributed by atoms with Crippen molar-refractivity contribution in [2.75, 3.05) is 13.2 Å². The second-order valence-electron chi connectivity index (χ2n) is 7.23. The van der Waals surface area contributed by atoms with Gasteiger partial charge in [0.2, 0.25) is 0 Å². The molecule has 4 nitrogen and oxygen atoms in total. The van der Waals surface area contributed by atoms with Crippen LogP contribution in [0.1, 0.15) is 46.5 Å². The molecular weight excluding hydrogens is 284 g/mol. The molecule has 0 aromatic heterocycles. The van der Waals surface area contributed by atoms with E-state index in [-0.39, 0.29) is 17.8 Å². The number of aliphatic hydroxyl groups is 1. The number of hydrogen-bond acceptors (Lipinski definition) is 4. The highest BCUT2D eigenvalue weighted by Crippen LogP contribution is 2.29. The molecule has 0 spiro atoms. The second kappa shape index (κ2) is 7.86. The Balaban J connectivity index is 2.21. The van der Waals surface area contributed by atoms with Crippen LogP contribution >= 0.6 is 0 Å². The van der Waals surface area contributed by atoms with Crippen LogP contribution in [0.15, 0.2) is 0 Å². The van der Waals surface area contributed by atoms with Gasteiger partial charge in [-0.2, -0.15) is 0 Å². The molecule has 1 rings (SSSR count). The SMILES string of the molecule is CC[Si](C)(C)OCCOC1CCC(C(=O)C(C)(C)O)CC1. The Morgan fingerprint density at radius 2 is 1.76 bits per heavy atom. The van der Waals surface area contributed by atoms with Gasteiger partial charge < -0.3 is 14.3 Å². The summed E-state index contributed by atoms with van der Waals surface area (Å²) < 4.78 is 11.8. The number of hydrogen-bond donors (Lipinski definition) is 1. The third-order valence-corrected chi connectivity index (χ3v) is 7.12. The van der Waals surface area contributed by atoms with Crippen LogP contribution in [-0.4, -0.2) is 44.1 Å². The molecule has 0 heterocycles. The zero-order chi connectivity index (χ0) is 16.1. The van der Waals surface area contributed by atoms with Gasteiger partial charge in [0.25, 0.3) is 0 Å². The largest absolute Gasteiger partial charge is 0.415 e. The minimum absolute atomic E-state index is 0.00691. The summed E-state index contributed by atoms with van der Waals surface area (Å²) in [5, 5.41) is 9.78. The molecule has 0 radical (unpaired) electrons. The average Bonchev–Trinajstić information content (AvgIpc) is 2.42. The molecule has 21 heavy (non-hydrogen) atoms. The van der Waals surface area contributed by atoms with Crippen LogP contribution < -0.4 is 0 Å². The van der Waals surface area contributed by atoms with Gasteiger partial charge in [0.15, 0.2) is 14.1 Å². The Hall–Kier alpha value is -0.233. The fourth-order valence-corrected chi connectivity index (χ4v) is 3.47. The first-order valence-corrected chi connectivity index (χ1v) is 11.3. The fraction of sp³-hybridized carbons (Fsp3) is 0.938. The van der Waals surface area contributed by atoms with Crippen LogP contribution in [0, 0.1) is 5.92 Å². The van der Waals surface area contributed by atoms with Gasteiger partial charge in [0.1, 0.15) is 5.60 Å². The van der Waals surface area contributed by atoms with E-state index in [2.05, 4.69) is 20.0 Å². The molecule has 0 atom stereocenters. The second-order valence-corrected chi connectivity index (χ2v) is 11.7. The van der Waals surface area contributed by atoms with Crippen molar-refractivity contribution in [3.05, 3.63) is 0 Å². The van der Waals surface area contributed by atoms with E-state index in [1.165, 1.54) is 0 Å². The molecule has 1 saturated carbocycles. The van der Waals surface area contributed by atoms with E-state index in [1.54, 1.807) is 13.8 Å². The van der Waals surface area contributed by atoms with Crippen molar-refractivity contribution in [2.24, 2.45) is 5.92 Å². The predicted molar refractivity (Wildman–Crippen MR) is 86.9 cm³/mol. The fourth-order valence-electron chi connectivity index (χ4n) is 2.63. The van der Waals surface area contributed by atoms with Crippen molar-refractivity contribution in [3.8, 4) is 0 Å². The molecule has 0 aliphatic heterocycles. The summed E-state index contributed by atoms with van der Waals surface area (Å²) >= 11 is 0. The van der Waals surface area contributed by atoms with Gasteiger partial charge in [0.05, 0.1) is 19.3 Å². The van der Waals surface area contributed by atoms with E-state index >= 15 is 0 Å². The lowest BCUT2D eigenvalue weighted by Gasteiger charge is -2.31. The zero-order valence-electron chi connectivity index (χ0n) is 14.3. The van der Waals surface area contributed by atoms with Crippen molar-refractivity contribution in [1.29, 1.82) is 0 Å². The highest BCUT2D eigenvalue weighted by atomic mass is 28.4. The number of ketones is 1. The van der Waals surface area contributed by atoms with Crippen LogP contribution in [0.4, 0.5) is 0 Å².